The van der Waals surface area contributed by atoms with Gasteiger partial charge in [0.25, 0.3) is 5.91 Å². The van der Waals surface area contributed by atoms with E-state index in [-0.39, 0.29) is 5.91 Å². The van der Waals surface area contributed by atoms with E-state index in [1.54, 1.807) is 17.4 Å². The summed E-state index contributed by atoms with van der Waals surface area (Å²) in [4.78, 5) is 17.0. The van der Waals surface area contributed by atoms with Crippen LogP contribution in [0.3, 0.4) is 0 Å². The van der Waals surface area contributed by atoms with Crippen molar-refractivity contribution in [2.24, 2.45) is 0 Å². The Morgan fingerprint density at radius 1 is 1.21 bits per heavy atom. The number of rotatable bonds is 4. The van der Waals surface area contributed by atoms with E-state index in [9.17, 15) is 4.79 Å². The summed E-state index contributed by atoms with van der Waals surface area (Å²) in [5.41, 5.74) is 1.46. The van der Waals surface area contributed by atoms with Crippen molar-refractivity contribution in [3.8, 4) is 5.13 Å². The van der Waals surface area contributed by atoms with Crippen LogP contribution in [0.1, 0.15) is 22.3 Å². The van der Waals surface area contributed by atoms with E-state index in [0.717, 1.165) is 26.8 Å². The highest BCUT2D eigenvalue weighted by Gasteiger charge is 2.12. The lowest BCUT2D eigenvalue weighted by Crippen LogP contribution is -2.11. The lowest BCUT2D eigenvalue weighted by atomic mass is 10.2. The van der Waals surface area contributed by atoms with Gasteiger partial charge in [-0.25, -0.2) is 4.98 Å². The second-order valence-electron chi connectivity index (χ2n) is 5.08. The molecule has 0 saturated carbocycles. The Balaban J connectivity index is 1.60. The smallest absolute Gasteiger partial charge is 0.257 e. The average Bonchev–Trinajstić information content (AvgIpc) is 3.33. The fourth-order valence-electron chi connectivity index (χ4n) is 2.24. The Labute approximate surface area is 145 Å². The minimum absolute atomic E-state index is 0.188. The Morgan fingerprint density at radius 3 is 2.79 bits per heavy atom. The normalized spacial score (nSPS) is 11.0. The van der Waals surface area contributed by atoms with Crippen molar-refractivity contribution in [2.75, 3.05) is 5.32 Å². The van der Waals surface area contributed by atoms with E-state index in [2.05, 4.69) is 20.5 Å². The second kappa shape index (κ2) is 6.14. The van der Waals surface area contributed by atoms with Gasteiger partial charge in [0.05, 0.1) is 10.2 Å². The topological polar surface area (TPSA) is 72.7 Å². The molecule has 3 aromatic heterocycles. The lowest BCUT2D eigenvalue weighted by Gasteiger charge is -2.00. The predicted octanol–water partition coefficient (Wildman–Crippen LogP) is 3.75. The van der Waals surface area contributed by atoms with Gasteiger partial charge in [0, 0.05) is 18.0 Å². The van der Waals surface area contributed by atoms with E-state index in [0.29, 0.717) is 10.7 Å². The molecule has 0 atom stereocenters. The number of nitrogens with zero attached hydrogens (tertiary/aromatic N) is 4. The number of aromatic nitrogens is 4. The maximum absolute atomic E-state index is 12.4. The van der Waals surface area contributed by atoms with Gasteiger partial charge in [-0.3, -0.25) is 10.1 Å². The van der Waals surface area contributed by atoms with E-state index >= 15 is 0 Å². The molecular formula is C16H13N5OS2. The first-order valence-electron chi connectivity index (χ1n) is 7.40. The van der Waals surface area contributed by atoms with Crippen LogP contribution in [-0.4, -0.2) is 25.7 Å². The van der Waals surface area contributed by atoms with E-state index in [1.807, 2.05) is 48.1 Å². The summed E-state index contributed by atoms with van der Waals surface area (Å²) in [7, 11) is 0. The molecule has 1 aromatic carbocycles. The van der Waals surface area contributed by atoms with Crippen molar-refractivity contribution in [1.29, 1.82) is 0 Å². The van der Waals surface area contributed by atoms with Gasteiger partial charge < -0.3 is 4.57 Å². The fourth-order valence-corrected chi connectivity index (χ4v) is 3.89. The van der Waals surface area contributed by atoms with Gasteiger partial charge in [-0.2, -0.15) is 0 Å². The van der Waals surface area contributed by atoms with Crippen molar-refractivity contribution >= 4 is 43.9 Å². The van der Waals surface area contributed by atoms with Gasteiger partial charge in [0.15, 0.2) is 5.13 Å². The number of nitrogens with one attached hydrogen (secondary N) is 1. The number of anilines is 1. The zero-order chi connectivity index (χ0) is 16.5. The summed E-state index contributed by atoms with van der Waals surface area (Å²) < 4.78 is 2.93. The van der Waals surface area contributed by atoms with Crippen molar-refractivity contribution < 1.29 is 4.79 Å². The second-order valence-corrected chi connectivity index (χ2v) is 7.15. The Morgan fingerprint density at radius 2 is 2.04 bits per heavy atom. The number of hydrogen-bond acceptors (Lipinski definition) is 6. The Hall–Kier alpha value is -2.58. The molecule has 0 aliphatic rings. The molecule has 0 unspecified atom stereocenters. The van der Waals surface area contributed by atoms with Gasteiger partial charge in [0.2, 0.25) is 5.13 Å². The molecule has 4 rings (SSSR count). The molecule has 0 radical (unpaired) electrons. The summed E-state index contributed by atoms with van der Waals surface area (Å²) in [5.74, 6) is -0.188. The first-order chi connectivity index (χ1) is 11.7. The van der Waals surface area contributed by atoms with Gasteiger partial charge in [-0.05, 0) is 36.8 Å². The van der Waals surface area contributed by atoms with Crippen LogP contribution in [0.25, 0.3) is 15.3 Å². The average molecular weight is 355 g/mol. The molecule has 4 aromatic rings. The van der Waals surface area contributed by atoms with Crippen LogP contribution < -0.4 is 5.32 Å². The first-order valence-corrected chi connectivity index (χ1v) is 9.04. The maximum atomic E-state index is 12.4. The van der Waals surface area contributed by atoms with Gasteiger partial charge >= 0.3 is 0 Å². The van der Waals surface area contributed by atoms with Crippen molar-refractivity contribution in [3.63, 3.8) is 0 Å². The molecule has 0 aliphatic heterocycles. The molecular weight excluding hydrogens is 342 g/mol. The molecule has 6 nitrogen and oxygen atoms in total. The van der Waals surface area contributed by atoms with E-state index < -0.39 is 0 Å². The summed E-state index contributed by atoms with van der Waals surface area (Å²) in [6.07, 6.45) is 4.71. The number of carbonyl (C=O) groups excluding carboxylic acids is 1. The van der Waals surface area contributed by atoms with Crippen LogP contribution in [-0.2, 0) is 6.42 Å². The van der Waals surface area contributed by atoms with Crippen molar-refractivity contribution in [3.05, 3.63) is 53.3 Å². The van der Waals surface area contributed by atoms with E-state index in [1.165, 1.54) is 11.3 Å². The number of carbonyl (C=O) groups is 1. The zero-order valence-corrected chi connectivity index (χ0v) is 14.4. The molecule has 0 bridgehead atoms. The van der Waals surface area contributed by atoms with Crippen molar-refractivity contribution in [1.82, 2.24) is 19.7 Å². The Kier molecular flexibility index (Phi) is 3.83. The van der Waals surface area contributed by atoms with Gasteiger partial charge in [-0.15, -0.1) is 10.2 Å². The fraction of sp³-hybridized carbons (Fsp3) is 0.125. The molecule has 1 N–H and O–H groups in total. The molecule has 1 amide bonds. The largest absolute Gasteiger partial charge is 0.300 e. The standard InChI is InChI=1S/C16H13N5OS2/c1-2-13-19-20-15(24-13)18-14(22)10-5-6-11-12(9-10)23-16(17-11)21-7-3-4-8-21/h3-9H,2H2,1H3,(H,18,20,22). The molecule has 8 heteroatoms. The molecule has 120 valence electrons. The van der Waals surface area contributed by atoms with Gasteiger partial charge in [-0.1, -0.05) is 29.6 Å². The summed E-state index contributed by atoms with van der Waals surface area (Å²) in [5, 5.41) is 13.1. The third-order valence-corrected chi connectivity index (χ3v) is 5.47. The first kappa shape index (κ1) is 15.0. The highest BCUT2D eigenvalue weighted by Crippen LogP contribution is 2.26. The van der Waals surface area contributed by atoms with E-state index in [4.69, 9.17) is 0 Å². The van der Waals surface area contributed by atoms with Crippen LogP contribution in [0.15, 0.2) is 42.7 Å². The van der Waals surface area contributed by atoms with Crippen LogP contribution >= 0.6 is 22.7 Å². The van der Waals surface area contributed by atoms with Crippen LogP contribution in [0.2, 0.25) is 0 Å². The summed E-state index contributed by atoms with van der Waals surface area (Å²) in [6.45, 7) is 2.01. The number of hydrogen-bond donors (Lipinski definition) is 1. The van der Waals surface area contributed by atoms with Crippen LogP contribution in [0, 0.1) is 0 Å². The highest BCUT2D eigenvalue weighted by molar-refractivity contribution is 7.20. The van der Waals surface area contributed by atoms with Crippen LogP contribution in [0.5, 0.6) is 0 Å². The third-order valence-electron chi connectivity index (χ3n) is 3.45. The minimum Gasteiger partial charge on any atom is -0.300 e. The highest BCUT2D eigenvalue weighted by atomic mass is 32.1. The SMILES string of the molecule is CCc1nnc(NC(=O)c2ccc3nc(-n4cccc4)sc3c2)s1. The zero-order valence-electron chi connectivity index (χ0n) is 12.8. The molecule has 3 heterocycles. The lowest BCUT2D eigenvalue weighted by molar-refractivity contribution is 0.102. The Bertz CT molecular complexity index is 1000. The third kappa shape index (κ3) is 2.81. The number of amides is 1. The number of aryl methyl sites for hydroxylation is 1. The number of thiazole rings is 1. The van der Waals surface area contributed by atoms with Crippen molar-refractivity contribution in [2.45, 2.75) is 13.3 Å². The number of benzene rings is 1. The maximum Gasteiger partial charge on any atom is 0.257 e. The molecule has 0 saturated heterocycles. The predicted molar refractivity (Wildman–Crippen MR) is 96.2 cm³/mol. The molecule has 0 aliphatic carbocycles. The van der Waals surface area contributed by atoms with Gasteiger partial charge in [0.1, 0.15) is 5.01 Å². The summed E-state index contributed by atoms with van der Waals surface area (Å²) >= 11 is 2.94. The molecule has 0 spiro atoms. The minimum atomic E-state index is -0.188. The molecule has 0 fully saturated rings. The van der Waals surface area contributed by atoms with Crippen LogP contribution in [0.4, 0.5) is 5.13 Å². The molecule has 24 heavy (non-hydrogen) atoms. The summed E-state index contributed by atoms with van der Waals surface area (Å²) in [6, 6.07) is 9.41. The monoisotopic (exact) mass is 355 g/mol. The number of fused-ring (bicyclic) bond motifs is 1. The quantitative estimate of drug-likeness (QED) is 0.605.